The molecule has 0 aliphatic carbocycles. The minimum atomic E-state index is -5.06. The number of benzene rings is 1. The minimum Gasteiger partial charge on any atom is -0.480 e. The highest BCUT2D eigenvalue weighted by Gasteiger charge is 2.58. The van der Waals surface area contributed by atoms with E-state index in [1.165, 1.54) is 24.3 Å². The van der Waals surface area contributed by atoms with Gasteiger partial charge in [0, 0.05) is 0 Å². The molecule has 0 bridgehead atoms. The summed E-state index contributed by atoms with van der Waals surface area (Å²) in [5.74, 6) is -6.85. The Hall–Kier alpha value is -2.99. The van der Waals surface area contributed by atoms with Gasteiger partial charge in [0.2, 0.25) is 5.91 Å². The van der Waals surface area contributed by atoms with Crippen molar-refractivity contribution in [2.75, 3.05) is 7.11 Å². The van der Waals surface area contributed by atoms with Gasteiger partial charge < -0.3 is 15.2 Å². The van der Waals surface area contributed by atoms with E-state index in [1.54, 1.807) is 6.07 Å². The second kappa shape index (κ2) is 7.09. The molecule has 2 amide bonds. The molecule has 0 spiro atoms. The number of nitrogens with zero attached hydrogens (tertiary/aromatic N) is 1. The van der Waals surface area contributed by atoms with Crippen LogP contribution in [0.15, 0.2) is 30.3 Å². The molecule has 140 valence electrons. The van der Waals surface area contributed by atoms with Crippen LogP contribution in [0, 0.1) is 0 Å². The molecule has 1 saturated heterocycles. The molecule has 2 rings (SSSR count). The number of hydrogen-bond donors (Lipinski definition) is 3. The molecule has 26 heavy (non-hydrogen) atoms. The van der Waals surface area contributed by atoms with Crippen molar-refractivity contribution < 1.29 is 42.0 Å². The first-order chi connectivity index (χ1) is 12.1. The largest absolute Gasteiger partial charge is 0.480 e. The summed E-state index contributed by atoms with van der Waals surface area (Å²) < 4.78 is 35.6. The van der Waals surface area contributed by atoms with E-state index in [4.69, 9.17) is 4.55 Å². The number of methoxy groups -OCH3 is 1. The summed E-state index contributed by atoms with van der Waals surface area (Å²) in [7, 11) is -4.15. The van der Waals surface area contributed by atoms with Crippen LogP contribution in [0.4, 0.5) is 0 Å². The van der Waals surface area contributed by atoms with E-state index in [0.717, 1.165) is 7.11 Å². The highest BCUT2D eigenvalue weighted by Crippen LogP contribution is 2.26. The molecule has 1 aromatic carbocycles. The Morgan fingerprint density at radius 1 is 1.23 bits per heavy atom. The number of carbonyl (C=O) groups excluding carboxylic acids is 3. The molecular formula is C14H14N2O9S. The van der Waals surface area contributed by atoms with Gasteiger partial charge in [0.05, 0.1) is 7.11 Å². The SMILES string of the molecule is COC(=O)C1C(NC(=O)C(C(=O)O)c2ccccc2)C(=O)N1S(=O)(=O)O. The lowest BCUT2D eigenvalue weighted by Crippen LogP contribution is -2.74. The van der Waals surface area contributed by atoms with Crippen LogP contribution in [0.1, 0.15) is 11.5 Å². The van der Waals surface area contributed by atoms with Gasteiger partial charge in [0.15, 0.2) is 12.0 Å². The van der Waals surface area contributed by atoms with Crippen LogP contribution in [0.2, 0.25) is 0 Å². The fraction of sp³-hybridized carbons (Fsp3) is 0.286. The van der Waals surface area contributed by atoms with Gasteiger partial charge in [-0.05, 0) is 5.56 Å². The zero-order valence-corrected chi connectivity index (χ0v) is 14.0. The normalized spacial score (nSPS) is 20.7. The van der Waals surface area contributed by atoms with E-state index in [2.05, 4.69) is 4.74 Å². The van der Waals surface area contributed by atoms with Crippen LogP contribution >= 0.6 is 0 Å². The number of carbonyl (C=O) groups is 4. The summed E-state index contributed by atoms with van der Waals surface area (Å²) in [4.78, 5) is 47.4. The predicted octanol–water partition coefficient (Wildman–Crippen LogP) is -1.47. The third-order valence-corrected chi connectivity index (χ3v) is 4.59. The summed E-state index contributed by atoms with van der Waals surface area (Å²) in [5, 5.41) is 11.3. The van der Waals surface area contributed by atoms with E-state index in [0.29, 0.717) is 0 Å². The van der Waals surface area contributed by atoms with E-state index >= 15 is 0 Å². The maximum atomic E-state index is 12.3. The van der Waals surface area contributed by atoms with E-state index in [1.807, 2.05) is 5.32 Å². The zero-order chi connectivity index (χ0) is 19.6. The molecule has 1 heterocycles. The second-order valence-corrected chi connectivity index (χ2v) is 6.54. The van der Waals surface area contributed by atoms with E-state index < -0.39 is 52.1 Å². The van der Waals surface area contributed by atoms with Gasteiger partial charge in [-0.2, -0.15) is 12.7 Å². The summed E-state index contributed by atoms with van der Waals surface area (Å²) in [6.45, 7) is 0. The Kier molecular flexibility index (Phi) is 5.28. The summed E-state index contributed by atoms with van der Waals surface area (Å²) in [6.07, 6.45) is 0. The summed E-state index contributed by atoms with van der Waals surface area (Å²) >= 11 is 0. The second-order valence-electron chi connectivity index (χ2n) is 5.25. The van der Waals surface area contributed by atoms with Crippen LogP contribution < -0.4 is 5.32 Å². The van der Waals surface area contributed by atoms with Crippen molar-refractivity contribution in [2.24, 2.45) is 0 Å². The molecule has 0 radical (unpaired) electrons. The fourth-order valence-electron chi connectivity index (χ4n) is 2.50. The average molecular weight is 386 g/mol. The maximum absolute atomic E-state index is 12.3. The molecule has 1 aliphatic rings. The van der Waals surface area contributed by atoms with Gasteiger partial charge in [-0.15, -0.1) is 0 Å². The molecule has 1 aliphatic heterocycles. The zero-order valence-electron chi connectivity index (χ0n) is 13.2. The molecule has 3 unspecified atom stereocenters. The number of ether oxygens (including phenoxy) is 1. The summed E-state index contributed by atoms with van der Waals surface area (Å²) in [6, 6.07) is 3.84. The third-order valence-electron chi connectivity index (χ3n) is 3.68. The Labute approximate surface area is 147 Å². The number of nitrogens with one attached hydrogen (secondary N) is 1. The molecule has 12 heteroatoms. The monoisotopic (exact) mass is 386 g/mol. The first-order valence-electron chi connectivity index (χ1n) is 7.06. The van der Waals surface area contributed by atoms with Gasteiger partial charge in [-0.25, -0.2) is 4.79 Å². The number of esters is 1. The maximum Gasteiger partial charge on any atom is 0.363 e. The van der Waals surface area contributed by atoms with Crippen molar-refractivity contribution in [3.63, 3.8) is 0 Å². The molecule has 1 aromatic rings. The summed E-state index contributed by atoms with van der Waals surface area (Å²) in [5.41, 5.74) is 0.116. The van der Waals surface area contributed by atoms with Crippen LogP contribution in [0.25, 0.3) is 0 Å². The molecule has 0 aromatic heterocycles. The molecule has 1 fully saturated rings. The van der Waals surface area contributed by atoms with Crippen LogP contribution in [-0.4, -0.2) is 65.3 Å². The van der Waals surface area contributed by atoms with Gasteiger partial charge >= 0.3 is 22.2 Å². The topological polar surface area (TPSA) is 167 Å². The highest BCUT2D eigenvalue weighted by molar-refractivity contribution is 7.84. The lowest BCUT2D eigenvalue weighted by atomic mass is 9.94. The minimum absolute atomic E-state index is 0.116. The van der Waals surface area contributed by atoms with Gasteiger partial charge in [-0.3, -0.25) is 18.9 Å². The Bertz CT molecular complexity index is 852. The molecule has 3 N–H and O–H groups in total. The third kappa shape index (κ3) is 3.50. The van der Waals surface area contributed by atoms with Crippen LogP contribution in [0.3, 0.4) is 0 Å². The predicted molar refractivity (Wildman–Crippen MR) is 82.9 cm³/mol. The molecular weight excluding hydrogens is 372 g/mol. The smallest absolute Gasteiger partial charge is 0.363 e. The van der Waals surface area contributed by atoms with Crippen molar-refractivity contribution in [1.82, 2.24) is 9.62 Å². The number of carboxylic acid groups (broad SMARTS) is 1. The van der Waals surface area contributed by atoms with E-state index in [9.17, 15) is 32.7 Å². The average Bonchev–Trinajstić information content (AvgIpc) is 2.56. The van der Waals surface area contributed by atoms with E-state index in [-0.39, 0.29) is 9.87 Å². The number of amides is 2. The van der Waals surface area contributed by atoms with Crippen LogP contribution in [-0.2, 0) is 34.2 Å². The number of aliphatic carboxylic acids is 1. The number of β-lactam (4-membered cyclic amide) rings is 1. The van der Waals surface area contributed by atoms with Gasteiger partial charge in [-0.1, -0.05) is 30.3 Å². The van der Waals surface area contributed by atoms with Gasteiger partial charge in [0.1, 0.15) is 6.04 Å². The Morgan fingerprint density at radius 3 is 2.27 bits per heavy atom. The number of hydrogen-bond acceptors (Lipinski definition) is 7. The Balaban J connectivity index is 2.28. The fourth-order valence-corrected chi connectivity index (χ4v) is 3.34. The van der Waals surface area contributed by atoms with Crippen molar-refractivity contribution in [3.05, 3.63) is 35.9 Å². The number of carboxylic acids is 1. The van der Waals surface area contributed by atoms with Gasteiger partial charge in [0.25, 0.3) is 5.91 Å². The highest BCUT2D eigenvalue weighted by atomic mass is 32.2. The molecule has 11 nitrogen and oxygen atoms in total. The van der Waals surface area contributed by atoms with Crippen molar-refractivity contribution in [2.45, 2.75) is 18.0 Å². The lowest BCUT2D eigenvalue weighted by molar-refractivity contribution is -0.162. The first kappa shape index (κ1) is 19.3. The van der Waals surface area contributed by atoms with Crippen molar-refractivity contribution >= 4 is 34.1 Å². The molecule has 0 saturated carbocycles. The number of rotatable bonds is 6. The van der Waals surface area contributed by atoms with Crippen molar-refractivity contribution in [3.8, 4) is 0 Å². The quantitative estimate of drug-likeness (QED) is 0.229. The standard InChI is InChI=1S/C14H14N2O9S/c1-25-14(21)10-9(12(18)16(10)26(22,23)24)15-11(17)8(13(19)20)7-5-3-2-4-6-7/h2-6,8-10H,1H3,(H,15,17)(H,19,20)(H,22,23,24). The lowest BCUT2D eigenvalue weighted by Gasteiger charge is -2.42. The van der Waals surface area contributed by atoms with Crippen molar-refractivity contribution in [1.29, 1.82) is 0 Å². The molecule has 3 atom stereocenters. The first-order valence-corrected chi connectivity index (χ1v) is 8.46. The Morgan fingerprint density at radius 2 is 1.81 bits per heavy atom. The van der Waals surface area contributed by atoms with Crippen LogP contribution in [0.5, 0.6) is 0 Å².